The summed E-state index contributed by atoms with van der Waals surface area (Å²) in [7, 11) is 0. The lowest BCUT2D eigenvalue weighted by Crippen LogP contribution is -2.26. The minimum absolute atomic E-state index is 0.214. The highest BCUT2D eigenvalue weighted by atomic mass is 19.1. The molecule has 0 bridgehead atoms. The fraction of sp³-hybridized carbons (Fsp3) is 0.296. The molecule has 1 N–H and O–H groups in total. The second kappa shape index (κ2) is 10.8. The van der Waals surface area contributed by atoms with E-state index in [-0.39, 0.29) is 24.4 Å². The Kier molecular flexibility index (Phi) is 7.87. The molecule has 0 aromatic heterocycles. The van der Waals surface area contributed by atoms with Crippen molar-refractivity contribution in [2.24, 2.45) is 0 Å². The molecular weight excluding hydrogens is 405 g/mol. The Morgan fingerprint density at radius 1 is 0.938 bits per heavy atom. The van der Waals surface area contributed by atoms with E-state index < -0.39 is 0 Å². The van der Waals surface area contributed by atoms with Gasteiger partial charge < -0.3 is 14.8 Å². The van der Waals surface area contributed by atoms with E-state index in [1.807, 2.05) is 32.0 Å². The maximum absolute atomic E-state index is 13.2. The predicted molar refractivity (Wildman–Crippen MR) is 125 cm³/mol. The van der Waals surface area contributed by atoms with E-state index in [9.17, 15) is 9.18 Å². The van der Waals surface area contributed by atoms with Crippen LogP contribution in [0, 0.1) is 5.82 Å². The third-order valence-corrected chi connectivity index (χ3v) is 5.26. The second-order valence-electron chi connectivity index (χ2n) is 7.98. The third kappa shape index (κ3) is 5.88. The number of halogens is 1. The Bertz CT molecular complexity index is 1050. The molecule has 0 radical (unpaired) electrons. The summed E-state index contributed by atoms with van der Waals surface area (Å²) in [5.41, 5.74) is 3.28. The van der Waals surface area contributed by atoms with Gasteiger partial charge in [-0.1, -0.05) is 44.2 Å². The zero-order valence-electron chi connectivity index (χ0n) is 19.0. The second-order valence-corrected chi connectivity index (χ2v) is 7.98. The number of ether oxygens (including phenoxy) is 2. The third-order valence-electron chi connectivity index (χ3n) is 5.26. The van der Waals surface area contributed by atoms with Gasteiger partial charge in [0.15, 0.2) is 0 Å². The Labute approximate surface area is 189 Å². The highest BCUT2D eigenvalue weighted by Gasteiger charge is 2.15. The summed E-state index contributed by atoms with van der Waals surface area (Å²) in [4.78, 5) is 12.9. The number of hydrogen-bond acceptors (Lipinski definition) is 3. The minimum Gasteiger partial charge on any atom is -0.493 e. The zero-order valence-corrected chi connectivity index (χ0v) is 19.0. The van der Waals surface area contributed by atoms with Crippen LogP contribution in [-0.4, -0.2) is 12.5 Å². The van der Waals surface area contributed by atoms with Gasteiger partial charge in [-0.05, 0) is 67.3 Å². The number of amides is 1. The van der Waals surface area contributed by atoms with Gasteiger partial charge in [0.05, 0.1) is 12.6 Å². The van der Waals surface area contributed by atoms with E-state index in [0.717, 1.165) is 22.4 Å². The van der Waals surface area contributed by atoms with E-state index in [0.29, 0.717) is 23.8 Å². The van der Waals surface area contributed by atoms with E-state index in [1.165, 1.54) is 12.1 Å². The number of hydrogen-bond donors (Lipinski definition) is 1. The molecule has 0 fully saturated rings. The van der Waals surface area contributed by atoms with Crippen molar-refractivity contribution in [3.63, 3.8) is 0 Å². The van der Waals surface area contributed by atoms with Crippen molar-refractivity contribution in [2.75, 3.05) is 6.61 Å². The van der Waals surface area contributed by atoms with Gasteiger partial charge >= 0.3 is 0 Å². The molecule has 0 heterocycles. The summed E-state index contributed by atoms with van der Waals surface area (Å²) in [5, 5.41) is 2.97. The molecule has 3 aromatic carbocycles. The first-order chi connectivity index (χ1) is 15.4. The van der Waals surface area contributed by atoms with Gasteiger partial charge in [-0.2, -0.15) is 0 Å². The normalized spacial score (nSPS) is 11.8. The number of carbonyl (C=O) groups is 1. The van der Waals surface area contributed by atoms with Gasteiger partial charge in [-0.15, -0.1) is 0 Å². The first-order valence-corrected chi connectivity index (χ1v) is 10.9. The highest BCUT2D eigenvalue weighted by molar-refractivity contribution is 5.94. The van der Waals surface area contributed by atoms with E-state index in [4.69, 9.17) is 9.47 Å². The van der Waals surface area contributed by atoms with Gasteiger partial charge in [0.25, 0.3) is 5.91 Å². The highest BCUT2D eigenvalue weighted by Crippen LogP contribution is 2.28. The molecule has 0 saturated carbocycles. The molecule has 3 aromatic rings. The molecule has 0 unspecified atom stereocenters. The molecule has 4 nitrogen and oxygen atoms in total. The van der Waals surface area contributed by atoms with E-state index in [1.54, 1.807) is 30.3 Å². The van der Waals surface area contributed by atoms with Gasteiger partial charge in [0.2, 0.25) is 0 Å². The monoisotopic (exact) mass is 435 g/mol. The fourth-order valence-electron chi connectivity index (χ4n) is 3.49. The Morgan fingerprint density at radius 3 is 2.34 bits per heavy atom. The summed E-state index contributed by atoms with van der Waals surface area (Å²) in [6.45, 7) is 8.84. The van der Waals surface area contributed by atoms with Crippen molar-refractivity contribution in [3.05, 3.63) is 94.8 Å². The predicted octanol–water partition coefficient (Wildman–Crippen LogP) is 6.42. The van der Waals surface area contributed by atoms with Crippen molar-refractivity contribution in [1.29, 1.82) is 0 Å². The molecule has 1 atom stereocenters. The summed E-state index contributed by atoms with van der Waals surface area (Å²) in [6.07, 6.45) is 0. The van der Waals surface area contributed by atoms with Gasteiger partial charge in [-0.25, -0.2) is 4.39 Å². The Balaban J connectivity index is 1.78. The standard InChI is InChI=1S/C27H30FNO3/c1-5-31-25-15-12-21(27(30)29-19(4)20-10-13-23(28)14-11-20)16-22(25)17-32-26-9-7-6-8-24(26)18(2)3/h6-16,18-19H,5,17H2,1-4H3,(H,29,30)/t19-/m0/s1. The summed E-state index contributed by atoms with van der Waals surface area (Å²) in [5.74, 6) is 1.33. The fourth-order valence-corrected chi connectivity index (χ4v) is 3.49. The van der Waals surface area contributed by atoms with Crippen molar-refractivity contribution in [1.82, 2.24) is 5.32 Å². The van der Waals surface area contributed by atoms with Crippen molar-refractivity contribution < 1.29 is 18.7 Å². The number of rotatable bonds is 9. The first-order valence-electron chi connectivity index (χ1n) is 10.9. The van der Waals surface area contributed by atoms with Crippen LogP contribution >= 0.6 is 0 Å². The van der Waals surface area contributed by atoms with Gasteiger partial charge in [0.1, 0.15) is 23.9 Å². The van der Waals surface area contributed by atoms with Gasteiger partial charge in [-0.3, -0.25) is 4.79 Å². The molecular formula is C27H30FNO3. The average molecular weight is 436 g/mol. The van der Waals surface area contributed by atoms with E-state index >= 15 is 0 Å². The van der Waals surface area contributed by atoms with Crippen molar-refractivity contribution >= 4 is 5.91 Å². The average Bonchev–Trinajstić information content (AvgIpc) is 2.79. The van der Waals surface area contributed by atoms with Crippen LogP contribution in [0.15, 0.2) is 66.7 Å². The maximum atomic E-state index is 13.2. The zero-order chi connectivity index (χ0) is 23.1. The maximum Gasteiger partial charge on any atom is 0.251 e. The molecule has 1 amide bonds. The lowest BCUT2D eigenvalue weighted by Gasteiger charge is -2.17. The lowest BCUT2D eigenvalue weighted by molar-refractivity contribution is 0.0939. The van der Waals surface area contributed by atoms with Crippen LogP contribution < -0.4 is 14.8 Å². The topological polar surface area (TPSA) is 47.6 Å². The molecule has 32 heavy (non-hydrogen) atoms. The molecule has 3 rings (SSSR count). The quantitative estimate of drug-likeness (QED) is 0.422. The first kappa shape index (κ1) is 23.3. The smallest absolute Gasteiger partial charge is 0.251 e. The van der Waals surface area contributed by atoms with Crippen LogP contribution in [0.25, 0.3) is 0 Å². The largest absolute Gasteiger partial charge is 0.493 e. The molecule has 0 aliphatic carbocycles. The van der Waals surface area contributed by atoms with E-state index in [2.05, 4.69) is 25.2 Å². The van der Waals surface area contributed by atoms with Crippen LogP contribution in [0.5, 0.6) is 11.5 Å². The molecule has 168 valence electrons. The summed E-state index contributed by atoms with van der Waals surface area (Å²) in [6, 6.07) is 19.2. The summed E-state index contributed by atoms with van der Waals surface area (Å²) < 4.78 is 25.0. The lowest BCUT2D eigenvalue weighted by atomic mass is 10.0. The number of nitrogens with one attached hydrogen (secondary N) is 1. The Morgan fingerprint density at radius 2 is 1.66 bits per heavy atom. The van der Waals surface area contributed by atoms with Crippen LogP contribution in [-0.2, 0) is 6.61 Å². The summed E-state index contributed by atoms with van der Waals surface area (Å²) >= 11 is 0. The Hall–Kier alpha value is -3.34. The molecule has 0 aliphatic heterocycles. The van der Waals surface area contributed by atoms with Crippen LogP contribution in [0.3, 0.4) is 0 Å². The molecule has 0 spiro atoms. The number of carbonyl (C=O) groups excluding carboxylic acids is 1. The van der Waals surface area contributed by atoms with Gasteiger partial charge in [0, 0.05) is 11.1 Å². The van der Waals surface area contributed by atoms with Crippen molar-refractivity contribution in [2.45, 2.75) is 46.3 Å². The number of benzene rings is 3. The van der Waals surface area contributed by atoms with Crippen LogP contribution in [0.1, 0.15) is 66.7 Å². The molecule has 0 saturated heterocycles. The van der Waals surface area contributed by atoms with Crippen LogP contribution in [0.2, 0.25) is 0 Å². The molecule has 0 aliphatic rings. The minimum atomic E-state index is -0.303. The van der Waals surface area contributed by atoms with Crippen molar-refractivity contribution in [3.8, 4) is 11.5 Å². The van der Waals surface area contributed by atoms with Crippen LogP contribution in [0.4, 0.5) is 4.39 Å². The SMILES string of the molecule is CCOc1ccc(C(=O)N[C@@H](C)c2ccc(F)cc2)cc1COc1ccccc1C(C)C. The number of para-hydroxylation sites is 1. The molecule has 5 heteroatoms.